The molecule has 0 radical (unpaired) electrons. The predicted molar refractivity (Wildman–Crippen MR) is 152 cm³/mol. The molecule has 0 amide bonds. The molecule has 3 heterocycles. The Morgan fingerprint density at radius 3 is 2.56 bits per heavy atom. The molecule has 0 aliphatic heterocycles. The minimum Gasteiger partial charge on any atom is -0.376 e. The van der Waals surface area contributed by atoms with Gasteiger partial charge in [0.05, 0.1) is 58.6 Å². The van der Waals surface area contributed by atoms with Crippen LogP contribution in [0.15, 0.2) is 73.2 Å². The molecule has 5 aromatic rings. The number of aromatic nitrogens is 5. The van der Waals surface area contributed by atoms with Crippen molar-refractivity contribution in [1.29, 1.82) is 10.5 Å². The van der Waals surface area contributed by atoms with Gasteiger partial charge in [-0.25, -0.2) is 9.67 Å². The Labute approximate surface area is 240 Å². The molecule has 1 fully saturated rings. The molecule has 3 aromatic heterocycles. The second-order valence-corrected chi connectivity index (χ2v) is 10.2. The van der Waals surface area contributed by atoms with E-state index in [1.54, 1.807) is 12.1 Å². The van der Waals surface area contributed by atoms with E-state index in [1.165, 1.54) is 18.5 Å². The number of hydrogen-bond acceptors (Lipinski definition) is 8. The van der Waals surface area contributed by atoms with E-state index in [0.29, 0.717) is 50.2 Å². The van der Waals surface area contributed by atoms with Crippen molar-refractivity contribution < 1.29 is 4.39 Å². The van der Waals surface area contributed by atoms with Crippen molar-refractivity contribution in [1.82, 2.24) is 25.0 Å². The standard InChI is InChI=1S/C30H23ClFN9/c31-24-13-21(37-29(19-6-9-27(32)35-15-19)26-17-41(40-39-26)22-7-8-22)12-23-28(20(14-34)16-36-30(23)24)38-25(10-11-33)18-4-2-1-3-5-18/h1-6,9,12-13,15-17,22,25,29,37H,7-8,10H2,(H,36,38)/t25-,29?/m0/s1. The number of nitrogens with zero attached hydrogens (tertiary/aromatic N) is 7. The summed E-state index contributed by atoms with van der Waals surface area (Å²) in [5.41, 5.74) is 4.19. The number of pyridine rings is 2. The van der Waals surface area contributed by atoms with E-state index in [1.807, 2.05) is 47.3 Å². The summed E-state index contributed by atoms with van der Waals surface area (Å²) in [6.07, 6.45) is 7.11. The molecule has 41 heavy (non-hydrogen) atoms. The maximum atomic E-state index is 13.7. The normalized spacial score (nSPS) is 14.1. The van der Waals surface area contributed by atoms with Crippen molar-refractivity contribution in [2.45, 2.75) is 37.4 Å². The molecule has 2 N–H and O–H groups in total. The Morgan fingerprint density at radius 2 is 1.85 bits per heavy atom. The molecule has 1 aliphatic carbocycles. The quantitative estimate of drug-likeness (QED) is 0.195. The maximum Gasteiger partial charge on any atom is 0.212 e. The predicted octanol–water partition coefficient (Wildman–Crippen LogP) is 6.49. The molecule has 2 aromatic carbocycles. The van der Waals surface area contributed by atoms with Gasteiger partial charge in [0.2, 0.25) is 5.95 Å². The van der Waals surface area contributed by atoms with Crippen LogP contribution in [0.5, 0.6) is 0 Å². The smallest absolute Gasteiger partial charge is 0.212 e. The summed E-state index contributed by atoms with van der Waals surface area (Å²) in [6.45, 7) is 0. The summed E-state index contributed by atoms with van der Waals surface area (Å²) < 4.78 is 15.5. The summed E-state index contributed by atoms with van der Waals surface area (Å²) in [5.74, 6) is -0.584. The third kappa shape index (κ3) is 5.51. The van der Waals surface area contributed by atoms with E-state index in [4.69, 9.17) is 11.6 Å². The molecule has 0 bridgehead atoms. The number of fused-ring (bicyclic) bond motifs is 1. The van der Waals surface area contributed by atoms with Crippen molar-refractivity contribution >= 4 is 33.9 Å². The number of anilines is 2. The second-order valence-electron chi connectivity index (χ2n) is 9.83. The Kier molecular flexibility index (Phi) is 7.15. The highest BCUT2D eigenvalue weighted by molar-refractivity contribution is 6.35. The highest BCUT2D eigenvalue weighted by atomic mass is 35.5. The van der Waals surface area contributed by atoms with E-state index in [2.05, 4.69) is 43.1 Å². The Balaban J connectivity index is 1.43. The van der Waals surface area contributed by atoms with E-state index < -0.39 is 12.0 Å². The van der Waals surface area contributed by atoms with Crippen LogP contribution in [0.2, 0.25) is 5.02 Å². The van der Waals surface area contributed by atoms with Crippen LogP contribution >= 0.6 is 11.6 Å². The Bertz CT molecular complexity index is 1790. The van der Waals surface area contributed by atoms with Crippen LogP contribution in [0.4, 0.5) is 15.8 Å². The van der Waals surface area contributed by atoms with Crippen molar-refractivity contribution in [3.8, 4) is 12.1 Å². The van der Waals surface area contributed by atoms with Gasteiger partial charge in [0.15, 0.2) is 0 Å². The number of rotatable bonds is 9. The molecular weight excluding hydrogens is 541 g/mol. The number of nitrogens with one attached hydrogen (secondary N) is 2. The summed E-state index contributed by atoms with van der Waals surface area (Å²) in [4.78, 5) is 8.28. The fraction of sp³-hybridized carbons (Fsp3) is 0.200. The average Bonchev–Trinajstić information content (AvgIpc) is 3.73. The van der Waals surface area contributed by atoms with Gasteiger partial charge in [0.1, 0.15) is 11.8 Å². The van der Waals surface area contributed by atoms with Crippen LogP contribution < -0.4 is 10.6 Å². The minimum atomic E-state index is -0.584. The lowest BCUT2D eigenvalue weighted by Gasteiger charge is -2.22. The lowest BCUT2D eigenvalue weighted by Crippen LogP contribution is -2.14. The molecule has 1 unspecified atom stereocenters. The summed E-state index contributed by atoms with van der Waals surface area (Å²) in [5, 5.41) is 36.0. The Hall–Kier alpha value is -5.06. The molecule has 9 nitrogen and oxygen atoms in total. The van der Waals surface area contributed by atoms with Gasteiger partial charge in [-0.3, -0.25) is 4.98 Å². The van der Waals surface area contributed by atoms with Crippen molar-refractivity contribution in [2.75, 3.05) is 10.6 Å². The molecule has 11 heteroatoms. The summed E-state index contributed by atoms with van der Waals surface area (Å²) >= 11 is 6.74. The molecule has 6 rings (SSSR count). The lowest BCUT2D eigenvalue weighted by atomic mass is 10.0. The lowest BCUT2D eigenvalue weighted by molar-refractivity contribution is 0.581. The van der Waals surface area contributed by atoms with Crippen LogP contribution in [-0.4, -0.2) is 25.0 Å². The zero-order chi connectivity index (χ0) is 28.3. The fourth-order valence-corrected chi connectivity index (χ4v) is 5.05. The van der Waals surface area contributed by atoms with Gasteiger partial charge in [-0.15, -0.1) is 5.10 Å². The SMILES string of the molecule is N#CC[C@H](Nc1c(C#N)cnc2c(Cl)cc(NC(c3ccc(F)nc3)c3cn(C4CC4)nn3)cc12)c1ccccc1. The molecular formula is C30H23ClFN9. The van der Waals surface area contributed by atoms with Crippen LogP contribution in [0.1, 0.15) is 59.8 Å². The van der Waals surface area contributed by atoms with Crippen LogP contribution in [0.3, 0.4) is 0 Å². The number of hydrogen-bond donors (Lipinski definition) is 2. The second kappa shape index (κ2) is 11.2. The average molecular weight is 564 g/mol. The summed E-state index contributed by atoms with van der Waals surface area (Å²) in [7, 11) is 0. The molecule has 1 saturated carbocycles. The molecule has 2 atom stereocenters. The number of benzene rings is 2. The van der Waals surface area contributed by atoms with Crippen LogP contribution in [0.25, 0.3) is 10.9 Å². The van der Waals surface area contributed by atoms with Crippen molar-refractivity contribution in [3.63, 3.8) is 0 Å². The van der Waals surface area contributed by atoms with Crippen molar-refractivity contribution in [3.05, 3.63) is 107 Å². The van der Waals surface area contributed by atoms with E-state index >= 15 is 0 Å². The van der Waals surface area contributed by atoms with Crippen molar-refractivity contribution in [2.24, 2.45) is 0 Å². The monoisotopic (exact) mass is 563 g/mol. The van der Waals surface area contributed by atoms with E-state index in [9.17, 15) is 14.9 Å². The first kappa shape index (κ1) is 26.2. The van der Waals surface area contributed by atoms with E-state index in [-0.39, 0.29) is 12.5 Å². The van der Waals surface area contributed by atoms with Gasteiger partial charge in [-0.2, -0.15) is 14.9 Å². The minimum absolute atomic E-state index is 0.181. The van der Waals surface area contributed by atoms with Gasteiger partial charge in [0, 0.05) is 23.5 Å². The van der Waals surface area contributed by atoms with Crippen LogP contribution in [-0.2, 0) is 0 Å². The maximum absolute atomic E-state index is 13.7. The van der Waals surface area contributed by atoms with Gasteiger partial charge in [-0.1, -0.05) is 53.2 Å². The largest absolute Gasteiger partial charge is 0.376 e. The van der Waals surface area contributed by atoms with Crippen LogP contribution in [0, 0.1) is 28.6 Å². The first-order valence-corrected chi connectivity index (χ1v) is 13.4. The highest BCUT2D eigenvalue weighted by Gasteiger charge is 2.27. The highest BCUT2D eigenvalue weighted by Crippen LogP contribution is 2.38. The molecule has 0 spiro atoms. The number of nitriles is 2. The van der Waals surface area contributed by atoms with Gasteiger partial charge < -0.3 is 10.6 Å². The topological polar surface area (TPSA) is 128 Å². The van der Waals surface area contributed by atoms with Gasteiger partial charge in [0.25, 0.3) is 0 Å². The summed E-state index contributed by atoms with van der Waals surface area (Å²) in [6, 6.07) is 20.0. The third-order valence-electron chi connectivity index (χ3n) is 7.00. The first-order chi connectivity index (χ1) is 20.0. The fourth-order valence-electron chi connectivity index (χ4n) is 4.78. The van der Waals surface area contributed by atoms with E-state index in [0.717, 1.165) is 18.4 Å². The zero-order valence-electron chi connectivity index (χ0n) is 21.7. The first-order valence-electron chi connectivity index (χ1n) is 13.0. The van der Waals surface area contributed by atoms with Gasteiger partial charge >= 0.3 is 0 Å². The number of halogens is 2. The Morgan fingerprint density at radius 1 is 1.02 bits per heavy atom. The molecule has 202 valence electrons. The molecule has 1 aliphatic rings. The van der Waals surface area contributed by atoms with Gasteiger partial charge in [-0.05, 0) is 42.2 Å². The molecule has 0 saturated heterocycles. The zero-order valence-corrected chi connectivity index (χ0v) is 22.4. The third-order valence-corrected chi connectivity index (χ3v) is 7.29.